The molecule has 3 unspecified atom stereocenters. The molecule has 17 heavy (non-hydrogen) atoms. The van der Waals surface area contributed by atoms with E-state index in [1.807, 2.05) is 12.3 Å². The number of fused-ring (bicyclic) bond motifs is 1. The molecule has 92 valence electrons. The van der Waals surface area contributed by atoms with Gasteiger partial charge < -0.3 is 10.4 Å². The standard InChI is InChI=1S/C14H20N2O/c17-14(11-4-1-7-15-9-11)12-6-5-10-3-2-8-16-13(10)12/h2-3,8,11-12,14-15,17H,1,4-7,9H2. The topological polar surface area (TPSA) is 45.1 Å². The smallest absolute Gasteiger partial charge is 0.0664 e. The summed E-state index contributed by atoms with van der Waals surface area (Å²) in [4.78, 5) is 4.48. The number of hydrogen-bond acceptors (Lipinski definition) is 3. The number of pyridine rings is 1. The number of aliphatic hydroxyl groups excluding tert-OH is 1. The average molecular weight is 232 g/mol. The fraction of sp³-hybridized carbons (Fsp3) is 0.643. The first-order chi connectivity index (χ1) is 8.36. The molecule has 2 heterocycles. The molecule has 3 heteroatoms. The molecule has 2 aliphatic rings. The molecule has 1 fully saturated rings. The molecule has 0 saturated carbocycles. The van der Waals surface area contributed by atoms with Crippen molar-refractivity contribution in [1.29, 1.82) is 0 Å². The van der Waals surface area contributed by atoms with E-state index in [4.69, 9.17) is 0 Å². The second-order valence-corrected chi connectivity index (χ2v) is 5.29. The van der Waals surface area contributed by atoms with Crippen molar-refractivity contribution in [2.45, 2.75) is 37.7 Å². The van der Waals surface area contributed by atoms with Crippen LogP contribution in [0.3, 0.4) is 0 Å². The minimum atomic E-state index is -0.223. The quantitative estimate of drug-likeness (QED) is 0.811. The van der Waals surface area contributed by atoms with E-state index >= 15 is 0 Å². The van der Waals surface area contributed by atoms with E-state index < -0.39 is 0 Å². The minimum absolute atomic E-state index is 0.223. The number of aliphatic hydroxyl groups is 1. The van der Waals surface area contributed by atoms with Gasteiger partial charge in [-0.3, -0.25) is 4.98 Å². The lowest BCUT2D eigenvalue weighted by atomic mass is 9.84. The van der Waals surface area contributed by atoms with Crippen molar-refractivity contribution in [3.05, 3.63) is 29.6 Å². The number of nitrogens with zero attached hydrogens (tertiary/aromatic N) is 1. The summed E-state index contributed by atoms with van der Waals surface area (Å²) in [5.74, 6) is 0.665. The van der Waals surface area contributed by atoms with Crippen LogP contribution in [0, 0.1) is 5.92 Å². The van der Waals surface area contributed by atoms with Gasteiger partial charge in [-0.15, -0.1) is 0 Å². The van der Waals surface area contributed by atoms with E-state index in [1.165, 1.54) is 12.0 Å². The summed E-state index contributed by atoms with van der Waals surface area (Å²) in [6.07, 6.45) is 6.09. The highest BCUT2D eigenvalue weighted by molar-refractivity contribution is 5.29. The fourth-order valence-corrected chi connectivity index (χ4v) is 3.28. The summed E-state index contributed by atoms with van der Waals surface area (Å²) in [5, 5.41) is 13.9. The Labute approximate surface area is 102 Å². The Kier molecular flexibility index (Phi) is 3.12. The Morgan fingerprint density at radius 1 is 1.41 bits per heavy atom. The Morgan fingerprint density at radius 3 is 3.18 bits per heavy atom. The van der Waals surface area contributed by atoms with E-state index in [2.05, 4.69) is 16.4 Å². The molecule has 1 aliphatic carbocycles. The summed E-state index contributed by atoms with van der Waals surface area (Å²) in [5.41, 5.74) is 2.48. The molecule has 3 nitrogen and oxygen atoms in total. The van der Waals surface area contributed by atoms with Crippen LogP contribution in [0.5, 0.6) is 0 Å². The van der Waals surface area contributed by atoms with Crippen molar-refractivity contribution in [2.24, 2.45) is 5.92 Å². The molecule has 1 aromatic rings. The number of hydrogen-bond donors (Lipinski definition) is 2. The van der Waals surface area contributed by atoms with Crippen LogP contribution < -0.4 is 5.32 Å². The van der Waals surface area contributed by atoms with Crippen LogP contribution in [0.2, 0.25) is 0 Å². The summed E-state index contributed by atoms with van der Waals surface area (Å²) in [6.45, 7) is 2.06. The number of piperidine rings is 1. The van der Waals surface area contributed by atoms with Gasteiger partial charge in [-0.05, 0) is 49.8 Å². The van der Waals surface area contributed by atoms with Gasteiger partial charge in [0.1, 0.15) is 0 Å². The van der Waals surface area contributed by atoms with Crippen molar-refractivity contribution < 1.29 is 5.11 Å². The first-order valence-corrected chi connectivity index (χ1v) is 6.69. The summed E-state index contributed by atoms with van der Waals surface area (Å²) >= 11 is 0. The molecule has 0 spiro atoms. The molecule has 3 rings (SSSR count). The third kappa shape index (κ3) is 2.09. The molecule has 3 atom stereocenters. The van der Waals surface area contributed by atoms with Crippen LogP contribution in [0.4, 0.5) is 0 Å². The monoisotopic (exact) mass is 232 g/mol. The maximum atomic E-state index is 10.5. The maximum Gasteiger partial charge on any atom is 0.0664 e. The Hall–Kier alpha value is -0.930. The number of nitrogens with one attached hydrogen (secondary N) is 1. The second-order valence-electron chi connectivity index (χ2n) is 5.29. The molecule has 2 N–H and O–H groups in total. The van der Waals surface area contributed by atoms with Crippen LogP contribution in [-0.2, 0) is 6.42 Å². The predicted molar refractivity (Wildman–Crippen MR) is 66.9 cm³/mol. The highest BCUT2D eigenvalue weighted by atomic mass is 16.3. The highest BCUT2D eigenvalue weighted by Gasteiger charge is 2.34. The largest absolute Gasteiger partial charge is 0.392 e. The zero-order valence-corrected chi connectivity index (χ0v) is 10.1. The van der Waals surface area contributed by atoms with Crippen LogP contribution in [0.25, 0.3) is 0 Å². The minimum Gasteiger partial charge on any atom is -0.392 e. The normalized spacial score (nSPS) is 29.9. The molecule has 1 aromatic heterocycles. The van der Waals surface area contributed by atoms with E-state index in [0.29, 0.717) is 5.92 Å². The van der Waals surface area contributed by atoms with Crippen molar-refractivity contribution >= 4 is 0 Å². The van der Waals surface area contributed by atoms with Gasteiger partial charge in [0, 0.05) is 24.4 Å². The van der Waals surface area contributed by atoms with Crippen LogP contribution >= 0.6 is 0 Å². The third-order valence-electron chi connectivity index (χ3n) is 4.23. The molecular weight excluding hydrogens is 212 g/mol. The van der Waals surface area contributed by atoms with Gasteiger partial charge in [0.2, 0.25) is 0 Å². The average Bonchev–Trinajstić information content (AvgIpc) is 2.83. The van der Waals surface area contributed by atoms with Crippen LogP contribution in [0.1, 0.15) is 36.4 Å². The Bertz CT molecular complexity index is 388. The molecule has 1 saturated heterocycles. The Balaban J connectivity index is 1.76. The van der Waals surface area contributed by atoms with Gasteiger partial charge in [0.25, 0.3) is 0 Å². The van der Waals surface area contributed by atoms with Crippen molar-refractivity contribution in [2.75, 3.05) is 13.1 Å². The van der Waals surface area contributed by atoms with Crippen LogP contribution in [-0.4, -0.2) is 29.3 Å². The molecule has 0 radical (unpaired) electrons. The van der Waals surface area contributed by atoms with Crippen molar-refractivity contribution in [3.8, 4) is 0 Å². The van der Waals surface area contributed by atoms with Gasteiger partial charge in [0.05, 0.1) is 6.10 Å². The first-order valence-electron chi connectivity index (χ1n) is 6.69. The predicted octanol–water partition coefficient (Wildman–Crippen LogP) is 1.47. The second kappa shape index (κ2) is 4.75. The van der Waals surface area contributed by atoms with Gasteiger partial charge in [-0.1, -0.05) is 6.07 Å². The molecule has 0 aromatic carbocycles. The molecule has 1 aliphatic heterocycles. The van der Waals surface area contributed by atoms with Gasteiger partial charge in [0.15, 0.2) is 0 Å². The number of rotatable bonds is 2. The molecular formula is C14H20N2O. The lowest BCUT2D eigenvalue weighted by Crippen LogP contribution is -2.39. The lowest BCUT2D eigenvalue weighted by Gasteiger charge is -2.30. The fourth-order valence-electron chi connectivity index (χ4n) is 3.28. The van der Waals surface area contributed by atoms with Gasteiger partial charge in [-0.2, -0.15) is 0 Å². The van der Waals surface area contributed by atoms with E-state index in [0.717, 1.165) is 38.0 Å². The zero-order valence-electron chi connectivity index (χ0n) is 10.1. The van der Waals surface area contributed by atoms with Crippen molar-refractivity contribution in [1.82, 2.24) is 10.3 Å². The highest BCUT2D eigenvalue weighted by Crippen LogP contribution is 2.37. The number of aromatic nitrogens is 1. The lowest BCUT2D eigenvalue weighted by molar-refractivity contribution is 0.0659. The maximum absolute atomic E-state index is 10.5. The van der Waals surface area contributed by atoms with Crippen molar-refractivity contribution in [3.63, 3.8) is 0 Å². The van der Waals surface area contributed by atoms with E-state index in [9.17, 15) is 5.11 Å². The van der Waals surface area contributed by atoms with Crippen LogP contribution in [0.15, 0.2) is 18.3 Å². The van der Waals surface area contributed by atoms with E-state index in [-0.39, 0.29) is 12.0 Å². The zero-order chi connectivity index (χ0) is 11.7. The first kappa shape index (κ1) is 11.2. The summed E-state index contributed by atoms with van der Waals surface area (Å²) in [7, 11) is 0. The SMILES string of the molecule is OC(C1CCCNC1)C1CCc2cccnc21. The molecule has 0 amide bonds. The molecule has 0 bridgehead atoms. The summed E-state index contributed by atoms with van der Waals surface area (Å²) < 4.78 is 0. The van der Waals surface area contributed by atoms with E-state index in [1.54, 1.807) is 0 Å². The van der Waals surface area contributed by atoms with Gasteiger partial charge >= 0.3 is 0 Å². The van der Waals surface area contributed by atoms with Gasteiger partial charge in [-0.25, -0.2) is 0 Å². The summed E-state index contributed by atoms with van der Waals surface area (Å²) in [6, 6.07) is 4.14. The Morgan fingerprint density at radius 2 is 2.35 bits per heavy atom. The third-order valence-corrected chi connectivity index (χ3v) is 4.23. The number of aryl methyl sites for hydroxylation is 1.